The molecular weight excluding hydrogens is 194 g/mol. The Kier molecular flexibility index (Phi) is 4.56. The van der Waals surface area contributed by atoms with Crippen molar-refractivity contribution in [2.45, 2.75) is 13.3 Å². The minimum atomic E-state index is 0.802. The number of carbonyl (C=O) groups excluding carboxylic acids is 1. The molecule has 76 valence electrons. The van der Waals surface area contributed by atoms with Crippen molar-refractivity contribution in [3.63, 3.8) is 0 Å². The van der Waals surface area contributed by atoms with E-state index >= 15 is 0 Å². The highest BCUT2D eigenvalue weighted by atomic mass is 32.1. The number of carbonyl (C=O) groups is 1. The van der Waals surface area contributed by atoms with Crippen LogP contribution in [0.1, 0.15) is 26.5 Å². The molecule has 0 bridgehead atoms. The molecule has 1 aromatic rings. The van der Waals surface area contributed by atoms with Crippen LogP contribution in [-0.4, -0.2) is 19.9 Å². The Labute approximate surface area is 88.6 Å². The highest BCUT2D eigenvalue weighted by molar-refractivity contribution is 7.14. The predicted molar refractivity (Wildman–Crippen MR) is 62.0 cm³/mol. The molecule has 1 aromatic heterocycles. The molecule has 0 aliphatic carbocycles. The van der Waals surface area contributed by atoms with Gasteiger partial charge in [0.25, 0.3) is 0 Å². The van der Waals surface area contributed by atoms with Crippen molar-refractivity contribution in [2.24, 2.45) is 0 Å². The first-order chi connectivity index (χ1) is 6.77. The summed E-state index contributed by atoms with van der Waals surface area (Å²) in [4.78, 5) is 12.5. The summed E-state index contributed by atoms with van der Waals surface area (Å²) in [6.45, 7) is 3.02. The summed E-state index contributed by atoms with van der Waals surface area (Å²) >= 11 is 1.54. The lowest BCUT2D eigenvalue weighted by molar-refractivity contribution is 0.112. The summed E-state index contributed by atoms with van der Waals surface area (Å²) in [7, 11) is 1.94. The third-order valence-corrected chi connectivity index (χ3v) is 3.05. The Bertz CT molecular complexity index is 328. The molecule has 0 saturated carbocycles. The van der Waals surface area contributed by atoms with E-state index in [2.05, 4.69) is 17.5 Å². The van der Waals surface area contributed by atoms with Crippen LogP contribution in [0.4, 0.5) is 0 Å². The molecular formula is C11H15NOS. The van der Waals surface area contributed by atoms with Crippen molar-refractivity contribution in [3.8, 4) is 0 Å². The summed E-state index contributed by atoms with van der Waals surface area (Å²) in [6, 6.07) is 1.93. The molecule has 14 heavy (non-hydrogen) atoms. The molecule has 0 atom stereocenters. The van der Waals surface area contributed by atoms with E-state index in [1.165, 1.54) is 10.4 Å². The first-order valence-corrected chi connectivity index (χ1v) is 5.46. The zero-order valence-electron chi connectivity index (χ0n) is 8.54. The van der Waals surface area contributed by atoms with Gasteiger partial charge in [0.05, 0.1) is 4.88 Å². The van der Waals surface area contributed by atoms with Gasteiger partial charge in [-0.2, -0.15) is 0 Å². The molecule has 1 rings (SSSR count). The Balaban J connectivity index is 2.61. The average Bonchev–Trinajstić information content (AvgIpc) is 2.54. The Morgan fingerprint density at radius 1 is 1.57 bits per heavy atom. The van der Waals surface area contributed by atoms with Crippen molar-refractivity contribution < 1.29 is 4.79 Å². The van der Waals surface area contributed by atoms with Crippen LogP contribution in [0.2, 0.25) is 0 Å². The van der Waals surface area contributed by atoms with Gasteiger partial charge < -0.3 is 5.32 Å². The van der Waals surface area contributed by atoms with Gasteiger partial charge in [-0.3, -0.25) is 4.79 Å². The molecule has 1 heterocycles. The highest BCUT2D eigenvalue weighted by Gasteiger charge is 2.00. The van der Waals surface area contributed by atoms with Gasteiger partial charge in [-0.15, -0.1) is 11.3 Å². The van der Waals surface area contributed by atoms with Crippen LogP contribution in [0.3, 0.4) is 0 Å². The van der Waals surface area contributed by atoms with Crippen LogP contribution in [0.15, 0.2) is 12.1 Å². The van der Waals surface area contributed by atoms with Gasteiger partial charge >= 0.3 is 0 Å². The lowest BCUT2D eigenvalue weighted by Crippen LogP contribution is -2.05. The minimum absolute atomic E-state index is 0.802. The average molecular weight is 209 g/mol. The van der Waals surface area contributed by atoms with Gasteiger partial charge in [-0.05, 0) is 44.6 Å². The molecule has 0 aliphatic rings. The van der Waals surface area contributed by atoms with Gasteiger partial charge in [0.2, 0.25) is 0 Å². The van der Waals surface area contributed by atoms with E-state index in [1.807, 2.05) is 20.0 Å². The fourth-order valence-corrected chi connectivity index (χ4v) is 2.08. The Morgan fingerprint density at radius 2 is 2.36 bits per heavy atom. The SMILES string of the molecule is CNCCC=Cc1sc(C=O)cc1C. The monoisotopic (exact) mass is 209 g/mol. The second-order valence-corrected chi connectivity index (χ2v) is 4.22. The van der Waals surface area contributed by atoms with E-state index in [0.29, 0.717) is 0 Å². The first kappa shape index (κ1) is 11.1. The normalized spacial score (nSPS) is 11.0. The molecule has 0 unspecified atom stereocenters. The summed E-state index contributed by atoms with van der Waals surface area (Å²) in [5, 5.41) is 3.08. The molecule has 0 spiro atoms. The Morgan fingerprint density at radius 3 is 2.93 bits per heavy atom. The van der Waals surface area contributed by atoms with Crippen molar-refractivity contribution in [1.82, 2.24) is 5.32 Å². The fourth-order valence-electron chi connectivity index (χ4n) is 1.16. The zero-order valence-corrected chi connectivity index (χ0v) is 9.36. The van der Waals surface area contributed by atoms with E-state index < -0.39 is 0 Å². The standard InChI is InChI=1S/C11H15NOS/c1-9-7-10(8-13)14-11(9)5-3-4-6-12-2/h3,5,7-8,12H,4,6H2,1-2H3. The van der Waals surface area contributed by atoms with E-state index in [0.717, 1.165) is 24.1 Å². The summed E-state index contributed by atoms with van der Waals surface area (Å²) in [6.07, 6.45) is 6.14. The van der Waals surface area contributed by atoms with Crippen LogP contribution in [-0.2, 0) is 0 Å². The van der Waals surface area contributed by atoms with Gasteiger partial charge in [-0.1, -0.05) is 6.08 Å². The lowest BCUT2D eigenvalue weighted by atomic mass is 10.2. The second-order valence-electron chi connectivity index (χ2n) is 3.11. The van der Waals surface area contributed by atoms with Crippen molar-refractivity contribution in [2.75, 3.05) is 13.6 Å². The van der Waals surface area contributed by atoms with Crippen molar-refractivity contribution in [3.05, 3.63) is 27.5 Å². The van der Waals surface area contributed by atoms with Crippen molar-refractivity contribution >= 4 is 23.7 Å². The smallest absolute Gasteiger partial charge is 0.160 e. The van der Waals surface area contributed by atoms with Crippen LogP contribution >= 0.6 is 11.3 Å². The van der Waals surface area contributed by atoms with E-state index in [4.69, 9.17) is 0 Å². The molecule has 2 nitrogen and oxygen atoms in total. The Hall–Kier alpha value is -0.930. The molecule has 0 aromatic carbocycles. The van der Waals surface area contributed by atoms with Crippen LogP contribution < -0.4 is 5.32 Å². The number of rotatable bonds is 5. The summed E-state index contributed by atoms with van der Waals surface area (Å²) < 4.78 is 0. The number of hydrogen-bond acceptors (Lipinski definition) is 3. The maximum Gasteiger partial charge on any atom is 0.160 e. The van der Waals surface area contributed by atoms with Gasteiger partial charge in [0.1, 0.15) is 0 Å². The summed E-state index contributed by atoms with van der Waals surface area (Å²) in [5.74, 6) is 0. The van der Waals surface area contributed by atoms with Crippen LogP contribution in [0.5, 0.6) is 0 Å². The topological polar surface area (TPSA) is 29.1 Å². The minimum Gasteiger partial charge on any atom is -0.319 e. The van der Waals surface area contributed by atoms with Crippen molar-refractivity contribution in [1.29, 1.82) is 0 Å². The molecule has 0 amide bonds. The van der Waals surface area contributed by atoms with E-state index in [1.54, 1.807) is 11.3 Å². The third kappa shape index (κ3) is 3.09. The van der Waals surface area contributed by atoms with E-state index in [-0.39, 0.29) is 0 Å². The number of aldehydes is 1. The number of thiophene rings is 1. The maximum absolute atomic E-state index is 10.5. The molecule has 0 fully saturated rings. The number of nitrogens with one attached hydrogen (secondary N) is 1. The maximum atomic E-state index is 10.5. The van der Waals surface area contributed by atoms with Gasteiger partial charge in [0, 0.05) is 4.88 Å². The molecule has 0 saturated heterocycles. The second kappa shape index (κ2) is 5.73. The van der Waals surface area contributed by atoms with E-state index in [9.17, 15) is 4.79 Å². The summed E-state index contributed by atoms with van der Waals surface area (Å²) in [5.41, 5.74) is 1.18. The number of hydrogen-bond donors (Lipinski definition) is 1. The predicted octanol–water partition coefficient (Wildman–Crippen LogP) is 2.49. The number of aryl methyl sites for hydroxylation is 1. The van der Waals surface area contributed by atoms with Crippen LogP contribution in [0, 0.1) is 6.92 Å². The third-order valence-electron chi connectivity index (χ3n) is 1.92. The molecule has 0 aliphatic heterocycles. The largest absolute Gasteiger partial charge is 0.319 e. The fraction of sp³-hybridized carbons (Fsp3) is 0.364. The molecule has 0 radical (unpaired) electrons. The lowest BCUT2D eigenvalue weighted by Gasteiger charge is -1.91. The van der Waals surface area contributed by atoms with Crippen LogP contribution in [0.25, 0.3) is 6.08 Å². The quantitative estimate of drug-likeness (QED) is 0.596. The van der Waals surface area contributed by atoms with Gasteiger partial charge in [-0.25, -0.2) is 0 Å². The molecule has 3 heteroatoms. The highest BCUT2D eigenvalue weighted by Crippen LogP contribution is 2.21. The first-order valence-electron chi connectivity index (χ1n) is 4.64. The molecule has 1 N–H and O–H groups in total. The zero-order chi connectivity index (χ0) is 10.4. The van der Waals surface area contributed by atoms with Gasteiger partial charge in [0.15, 0.2) is 6.29 Å².